The normalized spacial score (nSPS) is 10.0. The summed E-state index contributed by atoms with van der Waals surface area (Å²) >= 11 is 3.45. The molecule has 0 bridgehead atoms. The molecule has 3 heteroatoms. The molecule has 88 valence electrons. The second kappa shape index (κ2) is 5.73. The van der Waals surface area contributed by atoms with Gasteiger partial charge in [-0.15, -0.1) is 0 Å². The van der Waals surface area contributed by atoms with E-state index in [1.54, 1.807) is 7.11 Å². The number of benzene rings is 2. The summed E-state index contributed by atoms with van der Waals surface area (Å²) in [4.78, 5) is 0. The molecule has 0 radical (unpaired) electrons. The first-order valence-electron chi connectivity index (χ1n) is 5.41. The molecule has 0 heterocycles. The first kappa shape index (κ1) is 12.0. The lowest BCUT2D eigenvalue weighted by Gasteiger charge is -2.10. The maximum atomic E-state index is 5.31. The van der Waals surface area contributed by atoms with Crippen molar-refractivity contribution < 1.29 is 4.74 Å². The zero-order chi connectivity index (χ0) is 12.1. The second-order valence-electron chi connectivity index (χ2n) is 3.68. The summed E-state index contributed by atoms with van der Waals surface area (Å²) in [5.41, 5.74) is 2.24. The van der Waals surface area contributed by atoms with Crippen molar-refractivity contribution in [3.8, 4) is 5.75 Å². The van der Waals surface area contributed by atoms with Crippen LogP contribution >= 0.6 is 15.9 Å². The summed E-state index contributed by atoms with van der Waals surface area (Å²) in [5.74, 6) is 0.912. The fraction of sp³-hybridized carbons (Fsp3) is 0.143. The zero-order valence-electron chi connectivity index (χ0n) is 9.61. The third-order valence-corrected chi connectivity index (χ3v) is 2.99. The number of hydrogen-bond acceptors (Lipinski definition) is 2. The predicted octanol–water partition coefficient (Wildman–Crippen LogP) is 4.07. The number of hydrogen-bond donors (Lipinski definition) is 1. The third kappa shape index (κ3) is 3.24. The van der Waals surface area contributed by atoms with Crippen molar-refractivity contribution in [1.29, 1.82) is 0 Å². The third-order valence-electron chi connectivity index (χ3n) is 2.50. The monoisotopic (exact) mass is 291 g/mol. The molecule has 2 rings (SSSR count). The lowest BCUT2D eigenvalue weighted by Crippen LogP contribution is -2.01. The summed E-state index contributed by atoms with van der Waals surface area (Å²) in [5, 5.41) is 3.37. The van der Waals surface area contributed by atoms with Crippen molar-refractivity contribution in [2.45, 2.75) is 6.54 Å². The molecular formula is C14H14BrNO. The fourth-order valence-electron chi connectivity index (χ4n) is 1.64. The molecule has 17 heavy (non-hydrogen) atoms. The first-order valence-corrected chi connectivity index (χ1v) is 6.20. The van der Waals surface area contributed by atoms with E-state index in [-0.39, 0.29) is 0 Å². The highest BCUT2D eigenvalue weighted by atomic mass is 79.9. The largest absolute Gasteiger partial charge is 0.496 e. The van der Waals surface area contributed by atoms with Crippen molar-refractivity contribution in [2.75, 3.05) is 12.4 Å². The molecular weight excluding hydrogens is 278 g/mol. The maximum absolute atomic E-state index is 5.31. The minimum atomic E-state index is 0.750. The summed E-state index contributed by atoms with van der Waals surface area (Å²) in [6.07, 6.45) is 0. The van der Waals surface area contributed by atoms with Crippen LogP contribution in [0.15, 0.2) is 53.0 Å². The topological polar surface area (TPSA) is 21.3 Å². The Balaban J connectivity index is 2.07. The van der Waals surface area contributed by atoms with Gasteiger partial charge in [-0.05, 0) is 24.3 Å². The SMILES string of the molecule is COc1ccccc1CNc1cccc(Br)c1. The molecule has 0 aromatic heterocycles. The van der Waals surface area contributed by atoms with E-state index in [0.29, 0.717) is 0 Å². The Morgan fingerprint density at radius 2 is 1.94 bits per heavy atom. The zero-order valence-corrected chi connectivity index (χ0v) is 11.2. The highest BCUT2D eigenvalue weighted by molar-refractivity contribution is 9.10. The molecule has 0 saturated heterocycles. The number of ether oxygens (including phenoxy) is 1. The Bertz CT molecular complexity index is 499. The lowest BCUT2D eigenvalue weighted by molar-refractivity contribution is 0.410. The van der Waals surface area contributed by atoms with Crippen LogP contribution < -0.4 is 10.1 Å². The van der Waals surface area contributed by atoms with Gasteiger partial charge in [-0.2, -0.15) is 0 Å². The average Bonchev–Trinajstić information content (AvgIpc) is 2.37. The maximum Gasteiger partial charge on any atom is 0.123 e. The molecule has 0 unspecified atom stereocenters. The van der Waals surface area contributed by atoms with Crippen LogP contribution in [0.25, 0.3) is 0 Å². The molecule has 0 aliphatic rings. The molecule has 0 amide bonds. The fourth-order valence-corrected chi connectivity index (χ4v) is 2.04. The molecule has 2 nitrogen and oxygen atoms in total. The number of rotatable bonds is 4. The minimum Gasteiger partial charge on any atom is -0.496 e. The Morgan fingerprint density at radius 1 is 1.12 bits per heavy atom. The second-order valence-corrected chi connectivity index (χ2v) is 4.59. The average molecular weight is 292 g/mol. The minimum absolute atomic E-state index is 0.750. The molecule has 0 aliphatic heterocycles. The van der Waals surface area contributed by atoms with Gasteiger partial charge in [0.25, 0.3) is 0 Å². The number of nitrogens with one attached hydrogen (secondary N) is 1. The van der Waals surface area contributed by atoms with E-state index in [4.69, 9.17) is 4.74 Å². The van der Waals surface area contributed by atoms with E-state index < -0.39 is 0 Å². The van der Waals surface area contributed by atoms with E-state index in [1.807, 2.05) is 36.4 Å². The standard InChI is InChI=1S/C14H14BrNO/c1-17-14-8-3-2-5-11(14)10-16-13-7-4-6-12(15)9-13/h2-9,16H,10H2,1H3. The molecule has 0 aliphatic carbocycles. The van der Waals surface area contributed by atoms with Crippen molar-refractivity contribution in [3.05, 3.63) is 58.6 Å². The van der Waals surface area contributed by atoms with Crippen LogP contribution in [0.3, 0.4) is 0 Å². The number of methoxy groups -OCH3 is 1. The molecule has 0 fully saturated rings. The van der Waals surface area contributed by atoms with Crippen LogP contribution in [-0.2, 0) is 6.54 Å². The summed E-state index contributed by atoms with van der Waals surface area (Å²) < 4.78 is 6.38. The van der Waals surface area contributed by atoms with E-state index in [1.165, 1.54) is 0 Å². The Morgan fingerprint density at radius 3 is 2.71 bits per heavy atom. The van der Waals surface area contributed by atoms with Crippen LogP contribution in [0, 0.1) is 0 Å². The van der Waals surface area contributed by atoms with E-state index in [9.17, 15) is 0 Å². The summed E-state index contributed by atoms with van der Waals surface area (Å²) in [7, 11) is 1.69. The summed E-state index contributed by atoms with van der Waals surface area (Å²) in [6, 6.07) is 16.1. The Kier molecular flexibility index (Phi) is 4.04. The highest BCUT2D eigenvalue weighted by Gasteiger charge is 2.01. The van der Waals surface area contributed by atoms with Crippen molar-refractivity contribution in [2.24, 2.45) is 0 Å². The highest BCUT2D eigenvalue weighted by Crippen LogP contribution is 2.20. The van der Waals surface area contributed by atoms with Crippen molar-refractivity contribution in [1.82, 2.24) is 0 Å². The molecule has 2 aromatic carbocycles. The lowest BCUT2D eigenvalue weighted by atomic mass is 10.2. The van der Waals surface area contributed by atoms with Crippen LogP contribution in [0.4, 0.5) is 5.69 Å². The van der Waals surface area contributed by atoms with Crippen LogP contribution in [0.1, 0.15) is 5.56 Å². The van der Waals surface area contributed by atoms with Gasteiger partial charge in [0, 0.05) is 22.3 Å². The number of anilines is 1. The van der Waals surface area contributed by atoms with Crippen LogP contribution in [0.5, 0.6) is 5.75 Å². The molecule has 0 spiro atoms. The Hall–Kier alpha value is -1.48. The predicted molar refractivity (Wildman–Crippen MR) is 74.5 cm³/mol. The van der Waals surface area contributed by atoms with E-state index in [2.05, 4.69) is 33.4 Å². The van der Waals surface area contributed by atoms with E-state index in [0.717, 1.165) is 28.0 Å². The molecule has 1 N–H and O–H groups in total. The van der Waals surface area contributed by atoms with Gasteiger partial charge in [-0.1, -0.05) is 40.2 Å². The van der Waals surface area contributed by atoms with Gasteiger partial charge in [0.15, 0.2) is 0 Å². The van der Waals surface area contributed by atoms with Crippen molar-refractivity contribution in [3.63, 3.8) is 0 Å². The summed E-state index contributed by atoms with van der Waals surface area (Å²) in [6.45, 7) is 0.750. The van der Waals surface area contributed by atoms with Gasteiger partial charge in [0.1, 0.15) is 5.75 Å². The van der Waals surface area contributed by atoms with Crippen molar-refractivity contribution >= 4 is 21.6 Å². The van der Waals surface area contributed by atoms with E-state index >= 15 is 0 Å². The van der Waals surface area contributed by atoms with Gasteiger partial charge in [-0.3, -0.25) is 0 Å². The van der Waals surface area contributed by atoms with Crippen LogP contribution in [0.2, 0.25) is 0 Å². The smallest absolute Gasteiger partial charge is 0.123 e. The van der Waals surface area contributed by atoms with Gasteiger partial charge in [-0.25, -0.2) is 0 Å². The number of halogens is 1. The van der Waals surface area contributed by atoms with Gasteiger partial charge < -0.3 is 10.1 Å². The first-order chi connectivity index (χ1) is 8.29. The quantitative estimate of drug-likeness (QED) is 0.917. The molecule has 0 saturated carbocycles. The van der Waals surface area contributed by atoms with Gasteiger partial charge in [0.05, 0.1) is 7.11 Å². The van der Waals surface area contributed by atoms with Crippen LogP contribution in [-0.4, -0.2) is 7.11 Å². The number of para-hydroxylation sites is 1. The molecule has 2 aromatic rings. The van der Waals surface area contributed by atoms with Gasteiger partial charge >= 0.3 is 0 Å². The molecule has 0 atom stereocenters. The van der Waals surface area contributed by atoms with Gasteiger partial charge in [0.2, 0.25) is 0 Å². The Labute approximate surface area is 110 Å².